The third kappa shape index (κ3) is 88.4. The van der Waals surface area contributed by atoms with E-state index in [1.807, 2.05) is 173 Å². The fourth-order valence-corrected chi connectivity index (χ4v) is 6.50. The summed E-state index contributed by atoms with van der Waals surface area (Å²) in [6.45, 7) is 59.7. The molecule has 29 nitrogen and oxygen atoms in total. The number of nitrogens with one attached hydrogen (secondary N) is 6. The number of Topliss-reactive ketones (excluding diaryl/α,β-unsaturated/α-hetero) is 2. The molecule has 0 radical (unpaired) electrons. The van der Waals surface area contributed by atoms with Crippen molar-refractivity contribution in [1.82, 2.24) is 36.2 Å². The Labute approximate surface area is 617 Å². The van der Waals surface area contributed by atoms with Crippen LogP contribution in [0.2, 0.25) is 0 Å². The smallest absolute Gasteiger partial charge is 0.356 e. The number of carbonyl (C=O) groups is 8. The molecule has 1 heterocycles. The Bertz CT molecular complexity index is 2520. The summed E-state index contributed by atoms with van der Waals surface area (Å²) < 4.78 is 59.3. The Kier molecular flexibility index (Phi) is 79.2. The number of halogens is 3. The van der Waals surface area contributed by atoms with Gasteiger partial charge in [0.05, 0.1) is 6.04 Å². The van der Waals surface area contributed by atoms with Crippen molar-refractivity contribution in [2.45, 2.75) is 296 Å². The van der Waals surface area contributed by atoms with E-state index >= 15 is 0 Å². The molecule has 0 bridgehead atoms. The largest absolute Gasteiger partial charge is 0.511 e. The third-order valence-electron chi connectivity index (χ3n) is 12.0. The molecule has 6 N–H and O–H groups in total. The van der Waals surface area contributed by atoms with Gasteiger partial charge in [0.15, 0.2) is 0 Å². The van der Waals surface area contributed by atoms with Crippen LogP contribution in [0.15, 0.2) is 0 Å². The normalized spacial score (nSPS) is 11.9. The number of sulfonamides is 1. The van der Waals surface area contributed by atoms with Gasteiger partial charge in [-0.15, -0.1) is 0 Å². The number of unbranched alkanes of at least 4 members (excludes halogenated alkanes) is 3. The topological polar surface area (TPSA) is 451 Å². The summed E-state index contributed by atoms with van der Waals surface area (Å²) in [6.07, 6.45) is 12.2. The lowest BCUT2D eigenvalue weighted by atomic mass is 9.88. The van der Waals surface area contributed by atoms with E-state index in [-0.39, 0.29) is 130 Å². The molecule has 0 aromatic heterocycles. The number of likely N-dealkylation sites (tertiary alicyclic amines) is 1. The Morgan fingerprint density at radius 3 is 0.846 bits per heavy atom. The van der Waals surface area contributed by atoms with Gasteiger partial charge in [0.1, 0.15) is 11.6 Å². The minimum atomic E-state index is -5.33. The lowest BCUT2D eigenvalue weighted by Crippen LogP contribution is -2.63. The lowest BCUT2D eigenvalue weighted by molar-refractivity contribution is -0.193. The quantitative estimate of drug-likeness (QED) is 0.0830. The summed E-state index contributed by atoms with van der Waals surface area (Å²) >= 11 is 0. The zero-order valence-corrected chi connectivity index (χ0v) is 68.7. The Morgan fingerprint density at radius 2 is 0.683 bits per heavy atom. The van der Waals surface area contributed by atoms with Crippen LogP contribution in [-0.2, 0) is 106 Å². The van der Waals surface area contributed by atoms with Gasteiger partial charge in [0.2, 0.25) is 35.4 Å². The van der Waals surface area contributed by atoms with Crippen LogP contribution in [0.25, 0.3) is 0 Å². The highest BCUT2D eigenvalue weighted by Gasteiger charge is 2.49. The third-order valence-corrected chi connectivity index (χ3v) is 13.3. The van der Waals surface area contributed by atoms with Crippen molar-refractivity contribution in [2.75, 3.05) is 32.7 Å². The molecule has 0 unspecified atom stereocenters. The van der Waals surface area contributed by atoms with E-state index < -0.39 is 27.0 Å². The molecule has 0 atom stereocenters. The van der Waals surface area contributed by atoms with Gasteiger partial charge >= 0.3 is 52.4 Å². The molecule has 1 aliphatic heterocycles. The number of alkyl halides is 3. The summed E-state index contributed by atoms with van der Waals surface area (Å²) in [7, 11) is -5.33. The van der Waals surface area contributed by atoms with Crippen LogP contribution in [-0.4, -0.2) is 154 Å². The summed E-state index contributed by atoms with van der Waals surface area (Å²) in [5, 5.41) is 14.1. The van der Waals surface area contributed by atoms with Crippen molar-refractivity contribution < 1.29 is 117 Å². The predicted octanol–water partition coefficient (Wildman–Crippen LogP) is 9.53. The molecule has 1 saturated carbocycles. The molecular weight excluding hydrogens is 1390 g/mol. The van der Waals surface area contributed by atoms with Crippen molar-refractivity contribution in [1.29, 1.82) is 0 Å². The maximum atomic E-state index is 12.1. The predicted molar refractivity (Wildman–Crippen MR) is 378 cm³/mol. The molecule has 1 saturated heterocycles. The van der Waals surface area contributed by atoms with Gasteiger partial charge in [-0.2, -0.15) is 70.7 Å². The van der Waals surface area contributed by atoms with E-state index in [1.165, 1.54) is 41.7 Å². The number of rotatable bonds is 15. The van der Waals surface area contributed by atoms with Crippen LogP contribution in [0.5, 0.6) is 0 Å². The first kappa shape index (κ1) is 123. The maximum absolute atomic E-state index is 12.1. The Balaban J connectivity index is -0.0000000907. The molecule has 0 spiro atoms. The fraction of sp³-hybridized carbons (Fsp3) is 0.803. The summed E-state index contributed by atoms with van der Waals surface area (Å²) in [5.41, 5.74) is -7.19. The summed E-state index contributed by atoms with van der Waals surface area (Å²) in [5.74, 6) is 1.36. The van der Waals surface area contributed by atoms with Crippen LogP contribution in [0.1, 0.15) is 272 Å². The van der Waals surface area contributed by atoms with Crippen LogP contribution in [0.4, 0.5) is 13.2 Å². The second-order valence-corrected chi connectivity index (χ2v) is 31.8. The summed E-state index contributed by atoms with van der Waals surface area (Å²) in [6, 6.07) is -0.135. The van der Waals surface area contributed by atoms with Gasteiger partial charge in [-0.25, -0.2) is 13.1 Å². The molecule has 2 aliphatic rings. The van der Waals surface area contributed by atoms with E-state index in [4.69, 9.17) is 57.5 Å². The van der Waals surface area contributed by atoms with E-state index in [2.05, 4.69) is 40.4 Å². The maximum Gasteiger partial charge on any atom is 0.511 e. The first-order chi connectivity index (χ1) is 46.8. The first-order valence-electron chi connectivity index (χ1n) is 33.6. The minimum Gasteiger partial charge on any atom is -0.356 e. The molecular formula is C71H130F3N7O22S. The highest BCUT2D eigenvalue weighted by atomic mass is 32.2. The first-order valence-corrected chi connectivity index (χ1v) is 35.1. The second kappa shape index (κ2) is 67.0. The Morgan fingerprint density at radius 1 is 0.413 bits per heavy atom. The van der Waals surface area contributed by atoms with Gasteiger partial charge in [-0.3, -0.25) is 38.4 Å². The number of hydrogen-bond donors (Lipinski definition) is 6. The zero-order chi connectivity index (χ0) is 86.1. The molecule has 0 aromatic carbocycles. The van der Waals surface area contributed by atoms with Gasteiger partial charge in [0.25, 0.3) is 0 Å². The highest BCUT2D eigenvalue weighted by Crippen LogP contribution is 2.26. The van der Waals surface area contributed by atoms with E-state index in [0.29, 0.717) is 17.6 Å². The number of nitrogens with zero attached hydrogens (tertiary/aromatic N) is 1. The standard InChI is InChI=1S/C10H20O.C9H15F3N2O3S.C9H18O.C8H15NO.C8H17NO.3C7H15NO.6CO2/c1-5-6-7-8-9(11)10(2,3)4;1-8(2,3)7(15)14-4-6(5-14)13-18(16,17)9(10,11)12;1-5-6-7-8(10)9(2,3)4;1-6(2)8(10)9-7-4-3-5-7;1-6(2)9-7(10)8(3,4)5;3*1-5-8-6(9)7(2,3)4;6*2-1-3/h5-8H2,1-4H3;6,13H,4-5H2,1-3H3;5-7H2,1-4H3;6-7H,3-5H2,1-2H3,(H,9,10);6H,1-5H3,(H,9,10);3*5H2,1-4H3,(H,8,9);;;;;;. The monoisotopic (exact) mass is 1520 g/mol. The number of ketones is 2. The minimum absolute atomic E-state index is 0.0363. The molecule has 608 valence electrons. The molecule has 0 aromatic rings. The van der Waals surface area contributed by atoms with E-state index in [1.54, 1.807) is 20.8 Å². The number of carbonyl (C=O) groups excluding carboxylic acids is 20. The number of hydrogen-bond acceptors (Lipinski definition) is 22. The van der Waals surface area contributed by atoms with Gasteiger partial charge < -0.3 is 31.5 Å². The lowest BCUT2D eigenvalue weighted by Gasteiger charge is -2.42. The molecule has 2 rings (SSSR count). The zero-order valence-electron chi connectivity index (χ0n) is 67.9. The van der Waals surface area contributed by atoms with Crippen LogP contribution in [0.3, 0.4) is 0 Å². The SMILES string of the molecule is CC(C)(C)C(=O)N1CC(NS(=O)(=O)C(F)(F)F)C1.CC(C)C(=O)NC1CCC1.CC(C)NC(=O)C(C)(C)C.CCCCC(=O)C(C)(C)C.CCCCCC(=O)C(C)(C)C.CCNC(=O)C(C)(C)C.CCNC(=O)C(C)(C)C.CCNC(=O)C(C)(C)C.O=C=O.O=C=O.O=C=O.O=C=O.O=C=O.O=C=O. The summed E-state index contributed by atoms with van der Waals surface area (Å²) in [4.78, 5) is 188. The van der Waals surface area contributed by atoms with Gasteiger partial charge in [-0.05, 0) is 66.7 Å². The average molecular weight is 1520 g/mol. The van der Waals surface area contributed by atoms with Crippen LogP contribution >= 0.6 is 0 Å². The second-order valence-electron chi connectivity index (χ2n) is 30.1. The van der Waals surface area contributed by atoms with Gasteiger partial charge in [0, 0.05) is 101 Å². The highest BCUT2D eigenvalue weighted by molar-refractivity contribution is 7.90. The molecule has 6 amide bonds. The van der Waals surface area contributed by atoms with Crippen LogP contribution in [0, 0.1) is 43.8 Å². The van der Waals surface area contributed by atoms with Gasteiger partial charge in [-0.1, -0.05) is 192 Å². The number of amides is 6. The van der Waals surface area contributed by atoms with Crippen molar-refractivity contribution in [2.24, 2.45) is 43.8 Å². The molecule has 2 fully saturated rings. The van der Waals surface area contributed by atoms with Crippen molar-refractivity contribution >= 4 is 93.9 Å². The van der Waals surface area contributed by atoms with Crippen molar-refractivity contribution in [3.05, 3.63) is 0 Å². The van der Waals surface area contributed by atoms with Crippen molar-refractivity contribution in [3.8, 4) is 0 Å². The molecule has 1 aliphatic carbocycles. The van der Waals surface area contributed by atoms with E-state index in [9.17, 15) is 59.9 Å². The van der Waals surface area contributed by atoms with E-state index in [0.717, 1.165) is 51.7 Å². The molecule has 104 heavy (non-hydrogen) atoms. The molecule has 33 heteroatoms. The van der Waals surface area contributed by atoms with Crippen LogP contribution < -0.4 is 31.3 Å². The van der Waals surface area contributed by atoms with Crippen molar-refractivity contribution in [3.63, 3.8) is 0 Å². The fourth-order valence-electron chi connectivity index (χ4n) is 5.78. The average Bonchev–Trinajstić information content (AvgIpc) is 0.792. The Hall–Kier alpha value is -7.86.